The molecule has 2 fully saturated rings. The lowest BCUT2D eigenvalue weighted by Gasteiger charge is -2.46. The Bertz CT molecular complexity index is 1200. The van der Waals surface area contributed by atoms with Crippen molar-refractivity contribution in [2.24, 2.45) is 11.8 Å². The quantitative estimate of drug-likeness (QED) is 0.500. The zero-order chi connectivity index (χ0) is 21.9. The monoisotopic (exact) mass is 436 g/mol. The lowest BCUT2D eigenvalue weighted by atomic mass is 9.75. The third kappa shape index (κ3) is 3.19. The van der Waals surface area contributed by atoms with Crippen LogP contribution in [0.15, 0.2) is 54.6 Å². The van der Waals surface area contributed by atoms with E-state index in [2.05, 4.69) is 64.8 Å². The summed E-state index contributed by atoms with van der Waals surface area (Å²) >= 11 is 0. The molecule has 1 N–H and O–H groups in total. The minimum absolute atomic E-state index is 0.0907. The molecule has 2 aliphatic carbocycles. The molecule has 3 aromatic carbocycles. The van der Waals surface area contributed by atoms with Crippen LogP contribution >= 0.6 is 0 Å². The molecule has 0 saturated heterocycles. The highest BCUT2D eigenvalue weighted by Gasteiger charge is 2.44. The second-order valence-corrected chi connectivity index (χ2v) is 10.9. The van der Waals surface area contributed by atoms with Gasteiger partial charge in [-0.1, -0.05) is 55.3 Å². The summed E-state index contributed by atoms with van der Waals surface area (Å²) in [5.74, 6) is 3.05. The summed E-state index contributed by atoms with van der Waals surface area (Å²) in [6, 6.07) is 19.3. The van der Waals surface area contributed by atoms with Crippen molar-refractivity contribution in [1.29, 1.82) is 0 Å². The Labute approximate surface area is 196 Å². The van der Waals surface area contributed by atoms with Gasteiger partial charge in [-0.25, -0.2) is 0 Å². The third-order valence-corrected chi connectivity index (χ3v) is 9.03. The second-order valence-electron chi connectivity index (χ2n) is 10.9. The maximum absolute atomic E-state index is 13.2. The minimum Gasteiger partial charge on any atom is -0.370 e. The zero-order valence-corrected chi connectivity index (χ0v) is 19.2. The molecule has 1 amide bonds. The molecule has 3 nitrogen and oxygen atoms in total. The number of carbonyl (C=O) groups is 1. The molecule has 4 aliphatic rings. The molecule has 3 aromatic rings. The number of carbonyl (C=O) groups excluding carboxylic acids is 1. The van der Waals surface area contributed by atoms with Crippen LogP contribution < -0.4 is 10.2 Å². The van der Waals surface area contributed by atoms with Crippen molar-refractivity contribution in [3.05, 3.63) is 71.3 Å². The number of nitrogens with one attached hydrogen (secondary N) is 1. The third-order valence-electron chi connectivity index (χ3n) is 9.03. The van der Waals surface area contributed by atoms with Gasteiger partial charge in [0.05, 0.1) is 6.42 Å². The molecule has 2 saturated carbocycles. The van der Waals surface area contributed by atoms with Crippen LogP contribution in [0.5, 0.6) is 0 Å². The Morgan fingerprint density at radius 1 is 0.848 bits per heavy atom. The molecular weight excluding hydrogens is 404 g/mol. The Morgan fingerprint density at radius 3 is 2.24 bits per heavy atom. The average molecular weight is 437 g/mol. The largest absolute Gasteiger partial charge is 0.370 e. The number of nitrogens with zero attached hydrogens (tertiary/aromatic N) is 1. The van der Waals surface area contributed by atoms with Crippen molar-refractivity contribution in [3.8, 4) is 0 Å². The summed E-state index contributed by atoms with van der Waals surface area (Å²) in [6.07, 6.45) is 8.46. The fraction of sp³-hybridized carbons (Fsp3) is 0.433. The predicted octanol–water partition coefficient (Wildman–Crippen LogP) is 6.62. The number of hydrogen-bond acceptors (Lipinski definition) is 2. The summed E-state index contributed by atoms with van der Waals surface area (Å²) in [5.41, 5.74) is 6.74. The van der Waals surface area contributed by atoms with Crippen molar-refractivity contribution in [2.75, 3.05) is 23.3 Å². The van der Waals surface area contributed by atoms with Gasteiger partial charge in [0.25, 0.3) is 0 Å². The fourth-order valence-electron chi connectivity index (χ4n) is 7.66. The minimum atomic E-state index is 0.0907. The van der Waals surface area contributed by atoms with Gasteiger partial charge in [-0.3, -0.25) is 4.79 Å². The first-order valence-electron chi connectivity index (χ1n) is 12.9. The van der Waals surface area contributed by atoms with Gasteiger partial charge < -0.3 is 10.2 Å². The number of hydrogen-bond donors (Lipinski definition) is 1. The molecule has 2 heterocycles. The summed E-state index contributed by atoms with van der Waals surface area (Å²) in [7, 11) is 0. The highest BCUT2D eigenvalue weighted by Crippen LogP contribution is 2.56. The highest BCUT2D eigenvalue weighted by atomic mass is 16.1. The zero-order valence-electron chi connectivity index (χ0n) is 19.2. The second kappa shape index (κ2) is 7.62. The Hall–Kier alpha value is -2.81. The van der Waals surface area contributed by atoms with E-state index in [-0.39, 0.29) is 5.91 Å². The van der Waals surface area contributed by atoms with Gasteiger partial charge >= 0.3 is 0 Å². The van der Waals surface area contributed by atoms with Crippen molar-refractivity contribution in [1.82, 2.24) is 0 Å². The van der Waals surface area contributed by atoms with Crippen molar-refractivity contribution < 1.29 is 4.79 Å². The van der Waals surface area contributed by atoms with Crippen LogP contribution in [0.25, 0.3) is 10.8 Å². The predicted molar refractivity (Wildman–Crippen MR) is 135 cm³/mol. The first kappa shape index (κ1) is 19.6. The van der Waals surface area contributed by atoms with E-state index in [0.717, 1.165) is 23.1 Å². The topological polar surface area (TPSA) is 32.3 Å². The van der Waals surface area contributed by atoms with Crippen molar-refractivity contribution >= 4 is 28.1 Å². The lowest BCUT2D eigenvalue weighted by Crippen LogP contribution is -2.43. The van der Waals surface area contributed by atoms with E-state index in [4.69, 9.17) is 0 Å². The molecular formula is C30H32N2O. The number of benzene rings is 3. The normalized spacial score (nSPS) is 27.2. The number of rotatable bonds is 3. The highest BCUT2D eigenvalue weighted by molar-refractivity contribution is 5.96. The van der Waals surface area contributed by atoms with Gasteiger partial charge in [-0.15, -0.1) is 0 Å². The Kier molecular flexibility index (Phi) is 4.53. The summed E-state index contributed by atoms with van der Waals surface area (Å²) in [5, 5.41) is 5.69. The number of anilines is 2. The molecule has 168 valence electrons. The molecule has 0 spiro atoms. The average Bonchev–Trinajstić information content (AvgIpc) is 3.49. The first-order chi connectivity index (χ1) is 16.2. The van der Waals surface area contributed by atoms with E-state index in [1.807, 2.05) is 0 Å². The van der Waals surface area contributed by atoms with Crippen molar-refractivity contribution in [3.63, 3.8) is 0 Å². The van der Waals surface area contributed by atoms with Crippen molar-refractivity contribution in [2.45, 2.75) is 56.8 Å². The van der Waals surface area contributed by atoms with E-state index in [9.17, 15) is 4.79 Å². The van der Waals surface area contributed by atoms with Crippen LogP contribution in [0, 0.1) is 11.8 Å². The Morgan fingerprint density at radius 2 is 1.52 bits per heavy atom. The van der Waals surface area contributed by atoms with Gasteiger partial charge in [0.1, 0.15) is 0 Å². The molecule has 4 atom stereocenters. The van der Waals surface area contributed by atoms with Gasteiger partial charge in [-0.2, -0.15) is 0 Å². The maximum Gasteiger partial charge on any atom is 0.228 e. The summed E-state index contributed by atoms with van der Waals surface area (Å²) < 4.78 is 0. The first-order valence-corrected chi connectivity index (χ1v) is 12.9. The van der Waals surface area contributed by atoms with E-state index >= 15 is 0 Å². The standard InChI is InChI=1S/C30H32N2O/c33-29(14-20-8-3-7-19-6-1-2-11-24(19)20)31-23-15-27-25-12-4-9-21(25)17-32-18-22-10-5-13-26(22)28(16-23)30(27)32/h1-3,6-8,11,15-16,21-22,25-26H,4-5,9-10,12-14,17-18H2,(H,31,33)/t21-,22+,25-,26-/m0/s1. The SMILES string of the molecule is O=C(Cc1cccc2ccccc12)Nc1cc2c3c(c1)[C@H]1CCC[C@H]1CN3C[C@H]1CCC[C@H]21. The molecule has 0 aromatic heterocycles. The van der Waals surface area contributed by atoms with Crippen LogP contribution in [0.1, 0.15) is 67.1 Å². The van der Waals surface area contributed by atoms with Crippen LogP contribution in [0.4, 0.5) is 11.4 Å². The number of amides is 1. The van der Waals surface area contributed by atoms with Gasteiger partial charge in [0, 0.05) is 24.5 Å². The molecule has 0 bridgehead atoms. The maximum atomic E-state index is 13.2. The Balaban J connectivity index is 1.23. The summed E-state index contributed by atoms with van der Waals surface area (Å²) in [4.78, 5) is 15.9. The smallest absolute Gasteiger partial charge is 0.228 e. The molecule has 33 heavy (non-hydrogen) atoms. The number of fused-ring (bicyclic) bond motifs is 5. The molecule has 2 aliphatic heterocycles. The molecule has 7 rings (SSSR count). The van der Waals surface area contributed by atoms with E-state index in [1.165, 1.54) is 73.5 Å². The van der Waals surface area contributed by atoms with E-state index in [0.29, 0.717) is 18.3 Å². The van der Waals surface area contributed by atoms with Gasteiger partial charge in [0.2, 0.25) is 5.91 Å². The summed E-state index contributed by atoms with van der Waals surface area (Å²) in [6.45, 7) is 2.50. The van der Waals surface area contributed by atoms with Crippen LogP contribution in [-0.2, 0) is 11.2 Å². The van der Waals surface area contributed by atoms with Gasteiger partial charge in [-0.05, 0) is 89.0 Å². The lowest BCUT2D eigenvalue weighted by molar-refractivity contribution is -0.115. The fourth-order valence-corrected chi connectivity index (χ4v) is 7.66. The molecule has 0 radical (unpaired) electrons. The van der Waals surface area contributed by atoms with E-state index in [1.54, 1.807) is 5.69 Å². The van der Waals surface area contributed by atoms with Crippen LogP contribution in [-0.4, -0.2) is 19.0 Å². The molecule has 0 unspecified atom stereocenters. The van der Waals surface area contributed by atoms with Gasteiger partial charge in [0.15, 0.2) is 0 Å². The molecule has 3 heteroatoms. The van der Waals surface area contributed by atoms with Crippen LogP contribution in [0.2, 0.25) is 0 Å². The van der Waals surface area contributed by atoms with E-state index < -0.39 is 0 Å². The van der Waals surface area contributed by atoms with Crippen LogP contribution in [0.3, 0.4) is 0 Å².